The summed E-state index contributed by atoms with van der Waals surface area (Å²) in [4.78, 5) is 27.8. The third-order valence-corrected chi connectivity index (χ3v) is 6.37. The van der Waals surface area contributed by atoms with Crippen LogP contribution < -0.4 is 0 Å². The number of carbonyl (C=O) groups excluding carboxylic acids is 2. The standard InChI is InChI=1S/C28H40N2O5/c1-7-20(18-30(22-15-11-12-16-22)27(32)34-28(4,5)6)25(33-26(31)19(2)3)24-17-23(29-35-24)21-13-9-8-10-14-21/h8-10,13-14,17,19-20,22,25H,7,11-12,15-16,18H2,1-6H3. The summed E-state index contributed by atoms with van der Waals surface area (Å²) in [5, 5.41) is 4.24. The van der Waals surface area contributed by atoms with Gasteiger partial charge in [0, 0.05) is 30.1 Å². The van der Waals surface area contributed by atoms with Gasteiger partial charge in [-0.05, 0) is 40.0 Å². The van der Waals surface area contributed by atoms with Crippen LogP contribution in [0, 0.1) is 11.8 Å². The van der Waals surface area contributed by atoms with Crippen LogP contribution in [0.3, 0.4) is 0 Å². The minimum atomic E-state index is -0.661. The molecule has 0 spiro atoms. The maximum Gasteiger partial charge on any atom is 0.410 e. The molecule has 0 radical (unpaired) electrons. The Morgan fingerprint density at radius 1 is 1.14 bits per heavy atom. The number of hydrogen-bond donors (Lipinski definition) is 0. The summed E-state index contributed by atoms with van der Waals surface area (Å²) in [6.45, 7) is 11.7. The van der Waals surface area contributed by atoms with E-state index >= 15 is 0 Å². The van der Waals surface area contributed by atoms with Crippen LogP contribution in [0.4, 0.5) is 4.79 Å². The van der Waals surface area contributed by atoms with E-state index in [1.165, 1.54) is 0 Å². The molecule has 1 heterocycles. The number of benzene rings is 1. The second-order valence-electron chi connectivity index (χ2n) is 10.7. The third-order valence-electron chi connectivity index (χ3n) is 6.37. The summed E-state index contributed by atoms with van der Waals surface area (Å²) in [5.41, 5.74) is 1.01. The zero-order valence-electron chi connectivity index (χ0n) is 22.0. The predicted molar refractivity (Wildman–Crippen MR) is 135 cm³/mol. The minimum absolute atomic E-state index is 0.120. The number of rotatable bonds is 9. The van der Waals surface area contributed by atoms with Gasteiger partial charge in [-0.3, -0.25) is 4.79 Å². The van der Waals surface area contributed by atoms with E-state index in [2.05, 4.69) is 5.16 Å². The molecule has 3 rings (SSSR count). The Morgan fingerprint density at radius 2 is 1.80 bits per heavy atom. The summed E-state index contributed by atoms with van der Waals surface area (Å²) >= 11 is 0. The highest BCUT2D eigenvalue weighted by molar-refractivity contribution is 5.72. The Kier molecular flexibility index (Phi) is 8.98. The molecule has 1 amide bonds. The fraction of sp³-hybridized carbons (Fsp3) is 0.607. The van der Waals surface area contributed by atoms with E-state index in [0.717, 1.165) is 31.2 Å². The van der Waals surface area contributed by atoms with Crippen molar-refractivity contribution >= 4 is 12.1 Å². The quantitative estimate of drug-likeness (QED) is 0.365. The Balaban J connectivity index is 1.91. The highest BCUT2D eigenvalue weighted by atomic mass is 16.6. The van der Waals surface area contributed by atoms with Crippen LogP contribution in [0.5, 0.6) is 0 Å². The molecule has 1 fully saturated rings. The van der Waals surface area contributed by atoms with Crippen molar-refractivity contribution in [1.82, 2.24) is 10.1 Å². The van der Waals surface area contributed by atoms with Crippen molar-refractivity contribution in [2.45, 2.75) is 91.4 Å². The average Bonchev–Trinajstić information content (AvgIpc) is 3.50. The second-order valence-corrected chi connectivity index (χ2v) is 10.7. The number of nitrogens with zero attached hydrogens (tertiary/aromatic N) is 2. The van der Waals surface area contributed by atoms with Gasteiger partial charge in [0.25, 0.3) is 0 Å². The van der Waals surface area contributed by atoms with Gasteiger partial charge >= 0.3 is 12.1 Å². The monoisotopic (exact) mass is 484 g/mol. The van der Waals surface area contributed by atoms with Gasteiger partial charge in [0.1, 0.15) is 11.3 Å². The summed E-state index contributed by atoms with van der Waals surface area (Å²) in [6, 6.07) is 11.7. The van der Waals surface area contributed by atoms with Crippen molar-refractivity contribution in [2.24, 2.45) is 11.8 Å². The molecule has 7 heteroatoms. The summed E-state index contributed by atoms with van der Waals surface area (Å²) in [6.07, 6.45) is 3.79. The van der Waals surface area contributed by atoms with E-state index in [9.17, 15) is 9.59 Å². The number of esters is 1. The molecule has 0 N–H and O–H groups in total. The number of aromatic nitrogens is 1. The van der Waals surface area contributed by atoms with Crippen molar-refractivity contribution in [3.05, 3.63) is 42.2 Å². The highest BCUT2D eigenvalue weighted by Gasteiger charge is 2.37. The van der Waals surface area contributed by atoms with E-state index in [1.807, 2.05) is 82.8 Å². The predicted octanol–water partition coefficient (Wildman–Crippen LogP) is 6.79. The average molecular weight is 485 g/mol. The van der Waals surface area contributed by atoms with Crippen LogP contribution in [-0.2, 0) is 14.3 Å². The van der Waals surface area contributed by atoms with E-state index in [4.69, 9.17) is 14.0 Å². The molecule has 1 aliphatic rings. The van der Waals surface area contributed by atoms with Gasteiger partial charge in [0.2, 0.25) is 0 Å². The first-order chi connectivity index (χ1) is 16.6. The molecule has 192 valence electrons. The molecule has 1 aliphatic carbocycles. The first kappa shape index (κ1) is 26.8. The molecule has 0 bridgehead atoms. The Morgan fingerprint density at radius 3 is 2.37 bits per heavy atom. The lowest BCUT2D eigenvalue weighted by Crippen LogP contribution is -2.45. The van der Waals surface area contributed by atoms with E-state index in [0.29, 0.717) is 24.4 Å². The van der Waals surface area contributed by atoms with Crippen molar-refractivity contribution in [2.75, 3.05) is 6.54 Å². The Bertz CT molecular complexity index is 957. The number of hydrogen-bond acceptors (Lipinski definition) is 6. The van der Waals surface area contributed by atoms with E-state index in [1.54, 1.807) is 0 Å². The third kappa shape index (κ3) is 7.33. The number of amides is 1. The Hall–Kier alpha value is -2.83. The topological polar surface area (TPSA) is 81.9 Å². The van der Waals surface area contributed by atoms with Crippen molar-refractivity contribution in [3.63, 3.8) is 0 Å². The summed E-state index contributed by atoms with van der Waals surface area (Å²) < 4.78 is 17.5. The van der Waals surface area contributed by atoms with Gasteiger partial charge in [0.05, 0.1) is 5.92 Å². The van der Waals surface area contributed by atoms with Crippen LogP contribution in [0.15, 0.2) is 40.9 Å². The van der Waals surface area contributed by atoms with Gasteiger partial charge in [-0.1, -0.05) is 69.1 Å². The van der Waals surface area contributed by atoms with Crippen molar-refractivity contribution < 1.29 is 23.6 Å². The van der Waals surface area contributed by atoms with E-state index < -0.39 is 11.7 Å². The lowest BCUT2D eigenvalue weighted by atomic mass is 9.95. The van der Waals surface area contributed by atoms with Crippen molar-refractivity contribution in [3.8, 4) is 11.3 Å². The first-order valence-corrected chi connectivity index (χ1v) is 12.8. The van der Waals surface area contributed by atoms with Crippen LogP contribution in [0.2, 0.25) is 0 Å². The Labute approximate surface area is 209 Å². The molecule has 7 nitrogen and oxygen atoms in total. The van der Waals surface area contributed by atoms with Crippen LogP contribution in [0.1, 0.15) is 85.5 Å². The largest absolute Gasteiger partial charge is 0.453 e. The molecule has 1 saturated carbocycles. The van der Waals surface area contributed by atoms with Gasteiger partial charge < -0.3 is 18.9 Å². The molecule has 0 aliphatic heterocycles. The molecular weight excluding hydrogens is 444 g/mol. The minimum Gasteiger partial charge on any atom is -0.453 e. The molecule has 2 atom stereocenters. The maximum atomic E-state index is 13.2. The maximum absolute atomic E-state index is 13.2. The zero-order valence-corrected chi connectivity index (χ0v) is 22.0. The first-order valence-electron chi connectivity index (χ1n) is 12.8. The van der Waals surface area contributed by atoms with Crippen LogP contribution in [-0.4, -0.2) is 40.3 Å². The molecule has 1 aromatic carbocycles. The number of carbonyl (C=O) groups is 2. The van der Waals surface area contributed by atoms with Gasteiger partial charge in [0.15, 0.2) is 11.9 Å². The molecule has 2 aromatic rings. The fourth-order valence-corrected chi connectivity index (χ4v) is 4.42. The SMILES string of the molecule is CCC(CN(C(=O)OC(C)(C)C)C1CCCC1)C(OC(=O)C(C)C)c1cc(-c2ccccc2)no1. The zero-order chi connectivity index (χ0) is 25.6. The van der Waals surface area contributed by atoms with Crippen molar-refractivity contribution in [1.29, 1.82) is 0 Å². The second kappa shape index (κ2) is 11.7. The summed E-state index contributed by atoms with van der Waals surface area (Å²) in [7, 11) is 0. The molecule has 2 unspecified atom stereocenters. The molecule has 35 heavy (non-hydrogen) atoms. The lowest BCUT2D eigenvalue weighted by molar-refractivity contribution is -0.158. The summed E-state index contributed by atoms with van der Waals surface area (Å²) in [5.74, 6) is -0.290. The van der Waals surface area contributed by atoms with E-state index in [-0.39, 0.29) is 29.9 Å². The smallest absolute Gasteiger partial charge is 0.410 e. The molecule has 1 aromatic heterocycles. The van der Waals surface area contributed by atoms with Crippen LogP contribution in [0.25, 0.3) is 11.3 Å². The van der Waals surface area contributed by atoms with Gasteiger partial charge in [-0.15, -0.1) is 0 Å². The number of ether oxygens (including phenoxy) is 2. The molecule has 0 saturated heterocycles. The van der Waals surface area contributed by atoms with Gasteiger partial charge in [-0.25, -0.2) is 4.79 Å². The van der Waals surface area contributed by atoms with Crippen LogP contribution >= 0.6 is 0 Å². The van der Waals surface area contributed by atoms with Gasteiger partial charge in [-0.2, -0.15) is 0 Å². The molecular formula is C28H40N2O5. The fourth-order valence-electron chi connectivity index (χ4n) is 4.42. The highest BCUT2D eigenvalue weighted by Crippen LogP contribution is 2.35. The normalized spacial score (nSPS) is 16.2. The lowest BCUT2D eigenvalue weighted by Gasteiger charge is -2.35.